The number of amides is 1. The topological polar surface area (TPSA) is 66.1 Å². The molecule has 1 aliphatic rings. The van der Waals surface area contributed by atoms with Crippen LogP contribution < -0.4 is 5.56 Å². The predicted octanol–water partition coefficient (Wildman–Crippen LogP) is 2.53. The van der Waals surface area contributed by atoms with Crippen LogP contribution in [0.4, 0.5) is 0 Å². The molecule has 3 rings (SSSR count). The van der Waals surface area contributed by atoms with Crippen molar-refractivity contribution in [3.8, 4) is 0 Å². The van der Waals surface area contributed by atoms with Crippen molar-refractivity contribution >= 4 is 50.7 Å². The van der Waals surface area contributed by atoms with Crippen molar-refractivity contribution in [2.75, 3.05) is 7.05 Å². The largest absolute Gasteiger partial charge is 0.338 e. The lowest BCUT2D eigenvalue weighted by atomic mass is 10.1. The Balaban J connectivity index is 1.82. The number of hydrogen-bond donors (Lipinski definition) is 1. The number of aromatic nitrogens is 2. The number of halogens is 2. The fourth-order valence-corrected chi connectivity index (χ4v) is 3.77. The molecule has 21 heavy (non-hydrogen) atoms. The number of aromatic amines is 1. The van der Waals surface area contributed by atoms with Gasteiger partial charge in [-0.25, -0.2) is 4.98 Å². The third-order valence-corrected chi connectivity index (χ3v) is 5.83. The van der Waals surface area contributed by atoms with Gasteiger partial charge in [-0.1, -0.05) is 0 Å². The van der Waals surface area contributed by atoms with E-state index in [9.17, 15) is 9.59 Å². The van der Waals surface area contributed by atoms with Crippen LogP contribution in [0.25, 0.3) is 10.2 Å². The van der Waals surface area contributed by atoms with Crippen molar-refractivity contribution in [3.05, 3.63) is 27.6 Å². The van der Waals surface area contributed by atoms with E-state index >= 15 is 0 Å². The lowest BCUT2D eigenvalue weighted by molar-refractivity contribution is -0.135. The first-order valence-electron chi connectivity index (χ1n) is 6.34. The van der Waals surface area contributed by atoms with Crippen LogP contribution >= 0.6 is 34.5 Å². The molecule has 1 atom stereocenters. The molecular weight excluding hydrogens is 333 g/mol. The molecule has 0 bridgehead atoms. The van der Waals surface area contributed by atoms with E-state index in [1.807, 2.05) is 5.38 Å². The number of H-pyrrole nitrogens is 1. The van der Waals surface area contributed by atoms with Crippen LogP contribution in [0, 0.1) is 5.41 Å². The highest BCUT2D eigenvalue weighted by Crippen LogP contribution is 2.64. The summed E-state index contributed by atoms with van der Waals surface area (Å²) in [6.45, 7) is 1.95. The van der Waals surface area contributed by atoms with Gasteiger partial charge < -0.3 is 9.88 Å². The lowest BCUT2D eigenvalue weighted by Gasteiger charge is -2.21. The summed E-state index contributed by atoms with van der Waals surface area (Å²) in [5.74, 6) is 0.293. The molecule has 1 fully saturated rings. The molecule has 1 saturated carbocycles. The van der Waals surface area contributed by atoms with Gasteiger partial charge in [0, 0.05) is 7.05 Å². The summed E-state index contributed by atoms with van der Waals surface area (Å²) in [5.41, 5.74) is -0.314. The van der Waals surface area contributed by atoms with E-state index in [2.05, 4.69) is 9.97 Å². The number of hydrogen-bond acceptors (Lipinski definition) is 4. The van der Waals surface area contributed by atoms with Gasteiger partial charge in [0.15, 0.2) is 0 Å². The van der Waals surface area contributed by atoms with Crippen molar-refractivity contribution in [1.29, 1.82) is 0 Å². The maximum atomic E-state index is 12.4. The number of nitrogens with zero attached hydrogens (tertiary/aromatic N) is 2. The third-order valence-electron chi connectivity index (χ3n) is 3.83. The number of rotatable bonds is 3. The number of alkyl halides is 2. The Hall–Kier alpha value is -1.11. The minimum absolute atomic E-state index is 0.152. The Kier molecular flexibility index (Phi) is 3.31. The second-order valence-corrected chi connectivity index (χ2v) is 7.92. The van der Waals surface area contributed by atoms with E-state index in [0.717, 1.165) is 0 Å². The van der Waals surface area contributed by atoms with E-state index in [1.54, 1.807) is 20.0 Å². The summed E-state index contributed by atoms with van der Waals surface area (Å²) < 4.78 is -0.418. The second-order valence-electron chi connectivity index (χ2n) is 5.52. The molecule has 1 aliphatic carbocycles. The molecule has 0 spiro atoms. The molecule has 0 saturated heterocycles. The molecule has 1 amide bonds. The maximum Gasteiger partial charge on any atom is 0.268 e. The number of carbonyl (C=O) groups is 1. The first kappa shape index (κ1) is 14.8. The van der Waals surface area contributed by atoms with Crippen LogP contribution in [0.2, 0.25) is 0 Å². The zero-order valence-electron chi connectivity index (χ0n) is 11.4. The maximum absolute atomic E-state index is 12.4. The average molecular weight is 346 g/mol. The summed E-state index contributed by atoms with van der Waals surface area (Å²) in [6, 6.07) is 1.78. The molecule has 8 heteroatoms. The van der Waals surface area contributed by atoms with Gasteiger partial charge in [0.2, 0.25) is 5.91 Å². The molecular formula is C13H13Cl2N3O2S. The van der Waals surface area contributed by atoms with Gasteiger partial charge in [0.1, 0.15) is 14.9 Å². The molecule has 5 nitrogen and oxygen atoms in total. The molecule has 0 aliphatic heterocycles. The summed E-state index contributed by atoms with van der Waals surface area (Å²) >= 11 is 13.4. The van der Waals surface area contributed by atoms with Crippen molar-refractivity contribution in [2.45, 2.75) is 24.2 Å². The van der Waals surface area contributed by atoms with Crippen LogP contribution in [-0.4, -0.2) is 32.2 Å². The van der Waals surface area contributed by atoms with Gasteiger partial charge in [-0.3, -0.25) is 9.59 Å². The Morgan fingerprint density at radius 3 is 2.86 bits per heavy atom. The normalized spacial score (nSPS) is 23.2. The Labute approximate surface area is 134 Å². The van der Waals surface area contributed by atoms with Gasteiger partial charge in [-0.05, 0) is 24.8 Å². The molecule has 2 aromatic rings. The van der Waals surface area contributed by atoms with E-state index < -0.39 is 9.75 Å². The van der Waals surface area contributed by atoms with E-state index in [1.165, 1.54) is 16.2 Å². The number of fused-ring (bicyclic) bond motifs is 1. The number of nitrogens with one attached hydrogen (secondary N) is 1. The predicted molar refractivity (Wildman–Crippen MR) is 83.9 cm³/mol. The van der Waals surface area contributed by atoms with Crippen molar-refractivity contribution in [1.82, 2.24) is 14.9 Å². The van der Waals surface area contributed by atoms with Crippen LogP contribution in [0.3, 0.4) is 0 Å². The first-order valence-corrected chi connectivity index (χ1v) is 7.98. The first-order chi connectivity index (χ1) is 9.74. The zero-order chi connectivity index (χ0) is 15.4. The fourth-order valence-electron chi connectivity index (χ4n) is 2.35. The minimum Gasteiger partial charge on any atom is -0.338 e. The molecule has 1 N–H and O–H groups in total. The van der Waals surface area contributed by atoms with Crippen LogP contribution in [-0.2, 0) is 11.3 Å². The van der Waals surface area contributed by atoms with Crippen LogP contribution in [0.5, 0.6) is 0 Å². The highest BCUT2D eigenvalue weighted by atomic mass is 35.5. The lowest BCUT2D eigenvalue weighted by Crippen LogP contribution is -2.35. The molecule has 0 unspecified atom stereocenters. The smallest absolute Gasteiger partial charge is 0.268 e. The quantitative estimate of drug-likeness (QED) is 0.869. The Bertz CT molecular complexity index is 785. The third kappa shape index (κ3) is 2.35. The summed E-state index contributed by atoms with van der Waals surface area (Å²) in [4.78, 5) is 32.8. The monoisotopic (exact) mass is 345 g/mol. The van der Waals surface area contributed by atoms with Gasteiger partial charge in [0.05, 0.1) is 17.5 Å². The van der Waals surface area contributed by atoms with E-state index in [4.69, 9.17) is 23.2 Å². The molecule has 2 heterocycles. The highest BCUT2D eigenvalue weighted by molar-refractivity contribution is 7.17. The molecule has 0 aromatic carbocycles. The zero-order valence-corrected chi connectivity index (χ0v) is 13.8. The Morgan fingerprint density at radius 1 is 1.57 bits per heavy atom. The molecule has 0 radical (unpaired) electrons. The fraction of sp³-hybridized carbons (Fsp3) is 0.462. The van der Waals surface area contributed by atoms with Gasteiger partial charge in [-0.15, -0.1) is 34.5 Å². The van der Waals surface area contributed by atoms with E-state index in [-0.39, 0.29) is 18.0 Å². The van der Waals surface area contributed by atoms with Gasteiger partial charge in [0.25, 0.3) is 5.56 Å². The number of carbonyl (C=O) groups excluding carboxylic acids is 1. The van der Waals surface area contributed by atoms with Crippen molar-refractivity contribution < 1.29 is 4.79 Å². The van der Waals surface area contributed by atoms with Gasteiger partial charge >= 0.3 is 0 Å². The van der Waals surface area contributed by atoms with E-state index in [0.29, 0.717) is 22.5 Å². The number of thiophene rings is 1. The molecule has 2 aromatic heterocycles. The summed E-state index contributed by atoms with van der Waals surface area (Å²) in [5, 5.41) is 1.81. The Morgan fingerprint density at radius 2 is 2.24 bits per heavy atom. The highest BCUT2D eigenvalue weighted by Gasteiger charge is 2.68. The SMILES string of the molecule is CN(Cc1nc2ccsc2c(=O)[nH]1)C(=O)[C@@]1(C)CC1(Cl)Cl. The van der Waals surface area contributed by atoms with Crippen LogP contribution in [0.1, 0.15) is 19.2 Å². The molecule has 112 valence electrons. The average Bonchev–Trinajstić information content (AvgIpc) is 2.78. The van der Waals surface area contributed by atoms with Crippen LogP contribution in [0.15, 0.2) is 16.2 Å². The second kappa shape index (κ2) is 4.69. The summed E-state index contributed by atoms with van der Waals surface area (Å²) in [6.07, 6.45) is 0.430. The van der Waals surface area contributed by atoms with Gasteiger partial charge in [-0.2, -0.15) is 0 Å². The van der Waals surface area contributed by atoms with Crippen molar-refractivity contribution in [3.63, 3.8) is 0 Å². The van der Waals surface area contributed by atoms with Crippen molar-refractivity contribution in [2.24, 2.45) is 5.41 Å². The summed E-state index contributed by atoms with van der Waals surface area (Å²) in [7, 11) is 1.65. The standard InChI is InChI=1S/C13H13Cl2N3O2S/c1-12(6-13(12,14)15)11(20)18(2)5-8-16-7-3-4-21-9(7)10(19)17-8/h3-4H,5-6H2,1-2H3,(H,16,17,19)/t12-/m1/s1. The minimum atomic E-state index is -1.00.